The second-order valence-corrected chi connectivity index (χ2v) is 3.69. The highest BCUT2D eigenvalue weighted by molar-refractivity contribution is 5.70. The van der Waals surface area contributed by atoms with Crippen LogP contribution >= 0.6 is 0 Å². The third-order valence-electron chi connectivity index (χ3n) is 2.40. The van der Waals surface area contributed by atoms with Crippen molar-refractivity contribution >= 4 is 5.97 Å². The van der Waals surface area contributed by atoms with Gasteiger partial charge in [-0.1, -0.05) is 6.07 Å². The van der Waals surface area contributed by atoms with E-state index in [0.29, 0.717) is 12.2 Å². The topological polar surface area (TPSA) is 48.1 Å². The maximum Gasteiger partial charge on any atom is 0.308 e. The minimum absolute atomic E-state index is 0.227. The van der Waals surface area contributed by atoms with Gasteiger partial charge >= 0.3 is 5.97 Å². The fourth-order valence-electron chi connectivity index (χ4n) is 1.60. The average Bonchev–Trinajstić information content (AvgIpc) is 3.03. The van der Waals surface area contributed by atoms with E-state index in [-0.39, 0.29) is 12.1 Å². The van der Waals surface area contributed by atoms with Crippen molar-refractivity contribution in [1.29, 1.82) is 0 Å². The van der Waals surface area contributed by atoms with Crippen molar-refractivity contribution in [3.63, 3.8) is 0 Å². The van der Waals surface area contributed by atoms with Crippen LogP contribution in [0.15, 0.2) is 18.2 Å². The van der Waals surface area contributed by atoms with Gasteiger partial charge in [0.05, 0.1) is 19.8 Å². The van der Waals surface area contributed by atoms with Crippen molar-refractivity contribution in [1.82, 2.24) is 0 Å². The Kier molecular flexibility index (Phi) is 3.10. The summed E-state index contributed by atoms with van der Waals surface area (Å²) >= 11 is 0. The van der Waals surface area contributed by atoms with Gasteiger partial charge in [0, 0.05) is 18.9 Å². The summed E-state index contributed by atoms with van der Waals surface area (Å²) in [6.45, 7) is 2.15. The Bertz CT molecular complexity index is 396. The molecule has 1 aromatic rings. The summed E-state index contributed by atoms with van der Waals surface area (Å²) in [5, 5.41) is 0. The number of rotatable bonds is 4. The first-order chi connectivity index (χ1) is 7.70. The molecule has 16 heavy (non-hydrogen) atoms. The molecule has 0 bridgehead atoms. The summed E-state index contributed by atoms with van der Waals surface area (Å²) in [5.74, 6) is 0.961. The summed E-state index contributed by atoms with van der Waals surface area (Å²) in [6.07, 6.45) is 0.942. The lowest BCUT2D eigenvalue weighted by Crippen LogP contribution is -2.06. The van der Waals surface area contributed by atoms with Gasteiger partial charge in [-0.15, -0.1) is 0 Å². The molecule has 0 aromatic heterocycles. The highest BCUT2D eigenvalue weighted by Crippen LogP contribution is 2.32. The predicted molar refractivity (Wildman–Crippen MR) is 57.7 cm³/mol. The maximum atomic E-state index is 11.0. The van der Waals surface area contributed by atoms with E-state index < -0.39 is 0 Å². The third kappa shape index (κ3) is 2.52. The largest absolute Gasteiger partial charge is 0.496 e. The SMILES string of the molecule is COc1cccc(OC(C)=O)c1CC1CO1. The van der Waals surface area contributed by atoms with Gasteiger partial charge in [0.2, 0.25) is 0 Å². The smallest absolute Gasteiger partial charge is 0.308 e. The Balaban J connectivity index is 2.28. The molecule has 0 amide bonds. The number of esters is 1. The number of benzene rings is 1. The van der Waals surface area contributed by atoms with Crippen LogP contribution in [0.2, 0.25) is 0 Å². The minimum atomic E-state index is -0.328. The second kappa shape index (κ2) is 4.53. The van der Waals surface area contributed by atoms with E-state index >= 15 is 0 Å². The number of hydrogen-bond acceptors (Lipinski definition) is 4. The van der Waals surface area contributed by atoms with Crippen molar-refractivity contribution in [2.45, 2.75) is 19.4 Å². The Morgan fingerprint density at radius 2 is 2.19 bits per heavy atom. The first kappa shape index (κ1) is 11.0. The second-order valence-electron chi connectivity index (χ2n) is 3.69. The van der Waals surface area contributed by atoms with Crippen molar-refractivity contribution in [2.24, 2.45) is 0 Å². The number of hydrogen-bond donors (Lipinski definition) is 0. The van der Waals surface area contributed by atoms with Crippen LogP contribution in [0.1, 0.15) is 12.5 Å². The van der Waals surface area contributed by atoms with E-state index in [0.717, 1.165) is 17.9 Å². The van der Waals surface area contributed by atoms with E-state index in [2.05, 4.69) is 0 Å². The molecule has 86 valence electrons. The molecule has 1 saturated heterocycles. The van der Waals surface area contributed by atoms with Gasteiger partial charge < -0.3 is 14.2 Å². The van der Waals surface area contributed by atoms with E-state index in [4.69, 9.17) is 14.2 Å². The number of methoxy groups -OCH3 is 1. The molecule has 4 nitrogen and oxygen atoms in total. The number of carbonyl (C=O) groups excluding carboxylic acids is 1. The van der Waals surface area contributed by atoms with Gasteiger partial charge in [-0.25, -0.2) is 0 Å². The zero-order chi connectivity index (χ0) is 11.5. The zero-order valence-electron chi connectivity index (χ0n) is 9.36. The molecule has 4 heteroatoms. The van der Waals surface area contributed by atoms with Gasteiger partial charge in [0.25, 0.3) is 0 Å². The number of ether oxygens (including phenoxy) is 3. The summed E-state index contributed by atoms with van der Waals surface area (Å²) in [6, 6.07) is 5.42. The molecule has 0 N–H and O–H groups in total. The fourth-order valence-corrected chi connectivity index (χ4v) is 1.60. The lowest BCUT2D eigenvalue weighted by molar-refractivity contribution is -0.131. The molecule has 1 heterocycles. The van der Waals surface area contributed by atoms with Crippen molar-refractivity contribution in [3.05, 3.63) is 23.8 Å². The van der Waals surface area contributed by atoms with Crippen molar-refractivity contribution in [2.75, 3.05) is 13.7 Å². The van der Waals surface area contributed by atoms with Gasteiger partial charge in [0.1, 0.15) is 11.5 Å². The molecule has 1 unspecified atom stereocenters. The standard InChI is InChI=1S/C12H14O4/c1-8(13)16-12-5-3-4-11(14-2)10(12)6-9-7-15-9/h3-5,9H,6-7H2,1-2H3. The van der Waals surface area contributed by atoms with Crippen LogP contribution < -0.4 is 9.47 Å². The van der Waals surface area contributed by atoms with E-state index in [1.54, 1.807) is 19.2 Å². The molecular weight excluding hydrogens is 208 g/mol. The lowest BCUT2D eigenvalue weighted by atomic mass is 10.1. The molecule has 0 aliphatic carbocycles. The first-order valence-corrected chi connectivity index (χ1v) is 5.16. The van der Waals surface area contributed by atoms with Crippen LogP contribution in [0, 0.1) is 0 Å². The molecule has 1 fully saturated rings. The molecule has 2 rings (SSSR count). The summed E-state index contributed by atoms with van der Waals surface area (Å²) < 4.78 is 15.6. The molecule has 1 atom stereocenters. The summed E-state index contributed by atoms with van der Waals surface area (Å²) in [5.41, 5.74) is 0.891. The van der Waals surface area contributed by atoms with Crippen LogP contribution in [0.3, 0.4) is 0 Å². The van der Waals surface area contributed by atoms with Gasteiger partial charge in [-0.05, 0) is 12.1 Å². The summed E-state index contributed by atoms with van der Waals surface area (Å²) in [7, 11) is 1.60. The maximum absolute atomic E-state index is 11.0. The average molecular weight is 222 g/mol. The lowest BCUT2D eigenvalue weighted by Gasteiger charge is -2.12. The quantitative estimate of drug-likeness (QED) is 0.440. The van der Waals surface area contributed by atoms with E-state index in [1.807, 2.05) is 6.07 Å². The van der Waals surface area contributed by atoms with Crippen LogP contribution in [0.25, 0.3) is 0 Å². The minimum Gasteiger partial charge on any atom is -0.496 e. The first-order valence-electron chi connectivity index (χ1n) is 5.16. The van der Waals surface area contributed by atoms with Gasteiger partial charge in [-0.3, -0.25) is 4.79 Å². The van der Waals surface area contributed by atoms with Gasteiger partial charge in [-0.2, -0.15) is 0 Å². The summed E-state index contributed by atoms with van der Waals surface area (Å²) in [4.78, 5) is 11.0. The molecular formula is C12H14O4. The molecule has 1 aromatic carbocycles. The Hall–Kier alpha value is -1.55. The monoisotopic (exact) mass is 222 g/mol. The van der Waals surface area contributed by atoms with E-state index in [1.165, 1.54) is 6.92 Å². The van der Waals surface area contributed by atoms with E-state index in [9.17, 15) is 4.79 Å². The third-order valence-corrected chi connectivity index (χ3v) is 2.40. The van der Waals surface area contributed by atoms with Crippen molar-refractivity contribution < 1.29 is 19.0 Å². The molecule has 1 aliphatic heterocycles. The Labute approximate surface area is 94.1 Å². The molecule has 0 saturated carbocycles. The van der Waals surface area contributed by atoms with Crippen LogP contribution in [-0.2, 0) is 16.0 Å². The van der Waals surface area contributed by atoms with Crippen molar-refractivity contribution in [3.8, 4) is 11.5 Å². The van der Waals surface area contributed by atoms with Crippen LogP contribution in [0.5, 0.6) is 11.5 Å². The number of carbonyl (C=O) groups is 1. The van der Waals surface area contributed by atoms with Crippen LogP contribution in [0.4, 0.5) is 0 Å². The Morgan fingerprint density at radius 1 is 1.50 bits per heavy atom. The Morgan fingerprint density at radius 3 is 2.75 bits per heavy atom. The molecule has 0 radical (unpaired) electrons. The molecule has 1 aliphatic rings. The highest BCUT2D eigenvalue weighted by atomic mass is 16.6. The van der Waals surface area contributed by atoms with Gasteiger partial charge in [0.15, 0.2) is 0 Å². The molecule has 0 spiro atoms. The zero-order valence-corrected chi connectivity index (χ0v) is 9.36. The van der Waals surface area contributed by atoms with Crippen LogP contribution in [-0.4, -0.2) is 25.8 Å². The fraction of sp³-hybridized carbons (Fsp3) is 0.417. The highest BCUT2D eigenvalue weighted by Gasteiger charge is 2.26. The predicted octanol–water partition coefficient (Wildman–Crippen LogP) is 1.56. The number of epoxide rings is 1. The normalized spacial score (nSPS) is 18.0.